The summed E-state index contributed by atoms with van der Waals surface area (Å²) in [5.41, 5.74) is 1.55. The van der Waals surface area contributed by atoms with E-state index in [0.29, 0.717) is 23.0 Å². The molecule has 0 saturated carbocycles. The second kappa shape index (κ2) is 4.89. The number of rotatable bonds is 3. The maximum atomic E-state index is 8.60. The van der Waals surface area contributed by atoms with Crippen molar-refractivity contribution in [3.63, 3.8) is 0 Å². The average Bonchev–Trinajstić information content (AvgIpc) is 2.78. The van der Waals surface area contributed by atoms with Crippen molar-refractivity contribution in [3.8, 4) is 23.2 Å². The highest BCUT2D eigenvalue weighted by atomic mass is 35.5. The number of halogens is 1. The molecule has 5 heteroatoms. The van der Waals surface area contributed by atoms with Crippen molar-refractivity contribution in [3.05, 3.63) is 35.1 Å². The molecule has 0 atom stereocenters. The van der Waals surface area contributed by atoms with Gasteiger partial charge in [-0.1, -0.05) is 11.6 Å². The van der Waals surface area contributed by atoms with Crippen LogP contribution in [0, 0.1) is 11.3 Å². The van der Waals surface area contributed by atoms with Gasteiger partial charge in [0.05, 0.1) is 25.2 Å². The summed E-state index contributed by atoms with van der Waals surface area (Å²) in [6, 6.07) is 7.37. The molecule has 2 aromatic rings. The largest absolute Gasteiger partial charge is 0.496 e. The third-order valence-electron chi connectivity index (χ3n) is 2.31. The minimum atomic E-state index is 0.301. The Hall–Kier alpha value is -1.99. The molecule has 86 valence electrons. The van der Waals surface area contributed by atoms with E-state index in [1.54, 1.807) is 31.5 Å². The van der Waals surface area contributed by atoms with Crippen molar-refractivity contribution in [1.82, 2.24) is 9.97 Å². The van der Waals surface area contributed by atoms with Crippen LogP contribution < -0.4 is 4.74 Å². The molecule has 0 unspecified atom stereocenters. The van der Waals surface area contributed by atoms with Gasteiger partial charge in [0, 0.05) is 16.9 Å². The Balaban J connectivity index is 2.44. The van der Waals surface area contributed by atoms with Gasteiger partial charge in [0.25, 0.3) is 0 Å². The van der Waals surface area contributed by atoms with Gasteiger partial charge in [-0.25, -0.2) is 4.98 Å². The van der Waals surface area contributed by atoms with Gasteiger partial charge in [-0.05, 0) is 18.2 Å². The quantitative estimate of drug-likeness (QED) is 0.907. The fourth-order valence-corrected chi connectivity index (χ4v) is 1.71. The van der Waals surface area contributed by atoms with Gasteiger partial charge in [0.15, 0.2) is 0 Å². The first kappa shape index (κ1) is 11.5. The summed E-state index contributed by atoms with van der Waals surface area (Å²) in [7, 11) is 1.59. The third-order valence-corrected chi connectivity index (χ3v) is 2.55. The first-order chi connectivity index (χ1) is 8.24. The minimum Gasteiger partial charge on any atom is -0.496 e. The van der Waals surface area contributed by atoms with Crippen molar-refractivity contribution in [2.24, 2.45) is 0 Å². The molecule has 0 fully saturated rings. The molecule has 1 heterocycles. The van der Waals surface area contributed by atoms with Crippen LogP contribution >= 0.6 is 11.6 Å². The van der Waals surface area contributed by atoms with Crippen LogP contribution in [0.3, 0.4) is 0 Å². The fraction of sp³-hybridized carbons (Fsp3) is 0.167. The summed E-state index contributed by atoms with van der Waals surface area (Å²) in [4.78, 5) is 7.27. The third kappa shape index (κ3) is 2.40. The van der Waals surface area contributed by atoms with Crippen molar-refractivity contribution in [2.45, 2.75) is 6.42 Å². The Labute approximate surface area is 104 Å². The van der Waals surface area contributed by atoms with Crippen LogP contribution in [0.2, 0.25) is 5.02 Å². The zero-order valence-corrected chi connectivity index (χ0v) is 9.95. The summed E-state index contributed by atoms with van der Waals surface area (Å²) >= 11 is 5.94. The molecule has 4 nitrogen and oxygen atoms in total. The SMILES string of the molecule is COc1ccc(Cl)cc1-c1ncc(CC#N)[nH]1. The van der Waals surface area contributed by atoms with Crippen LogP contribution in [0.4, 0.5) is 0 Å². The average molecular weight is 248 g/mol. The number of nitrogens with zero attached hydrogens (tertiary/aromatic N) is 2. The molecule has 2 rings (SSSR count). The first-order valence-electron chi connectivity index (χ1n) is 4.99. The van der Waals surface area contributed by atoms with Crippen molar-refractivity contribution in [2.75, 3.05) is 7.11 Å². The maximum absolute atomic E-state index is 8.60. The lowest BCUT2D eigenvalue weighted by molar-refractivity contribution is 0.416. The number of imidazole rings is 1. The first-order valence-corrected chi connectivity index (χ1v) is 5.37. The van der Waals surface area contributed by atoms with Gasteiger partial charge < -0.3 is 9.72 Å². The lowest BCUT2D eigenvalue weighted by atomic mass is 10.2. The second-order valence-electron chi connectivity index (χ2n) is 3.44. The van der Waals surface area contributed by atoms with E-state index in [0.717, 1.165) is 11.3 Å². The van der Waals surface area contributed by atoms with Crippen molar-refractivity contribution < 1.29 is 4.74 Å². The molecular weight excluding hydrogens is 238 g/mol. The number of aromatic nitrogens is 2. The van der Waals surface area contributed by atoms with Crippen LogP contribution in [-0.2, 0) is 6.42 Å². The topological polar surface area (TPSA) is 61.7 Å². The molecule has 0 amide bonds. The van der Waals surface area contributed by atoms with E-state index in [2.05, 4.69) is 16.0 Å². The summed E-state index contributed by atoms with van der Waals surface area (Å²) in [5.74, 6) is 1.34. The summed E-state index contributed by atoms with van der Waals surface area (Å²) < 4.78 is 5.24. The van der Waals surface area contributed by atoms with Gasteiger partial charge >= 0.3 is 0 Å². The standard InChI is InChI=1S/C12H10ClN3O/c1-17-11-3-2-8(13)6-10(11)12-15-7-9(16-12)4-5-14/h2-3,6-7H,4H2,1H3,(H,15,16). The van der Waals surface area contributed by atoms with E-state index in [1.165, 1.54) is 0 Å². The maximum Gasteiger partial charge on any atom is 0.141 e. The van der Waals surface area contributed by atoms with E-state index in [1.807, 2.05) is 0 Å². The highest BCUT2D eigenvalue weighted by molar-refractivity contribution is 6.30. The molecule has 0 aliphatic rings. The monoisotopic (exact) mass is 247 g/mol. The predicted octanol–water partition coefficient (Wildman–Crippen LogP) is 2.80. The Morgan fingerprint density at radius 3 is 3.06 bits per heavy atom. The highest BCUT2D eigenvalue weighted by Gasteiger charge is 2.10. The minimum absolute atomic E-state index is 0.301. The van der Waals surface area contributed by atoms with Crippen LogP contribution in [0.1, 0.15) is 5.69 Å². The Morgan fingerprint density at radius 1 is 1.53 bits per heavy atom. The zero-order chi connectivity index (χ0) is 12.3. The summed E-state index contributed by atoms with van der Waals surface area (Å²) in [5, 5.41) is 9.21. The highest BCUT2D eigenvalue weighted by Crippen LogP contribution is 2.30. The number of aromatic amines is 1. The number of ether oxygens (including phenoxy) is 1. The molecule has 0 aliphatic heterocycles. The molecule has 1 aromatic carbocycles. The summed E-state index contributed by atoms with van der Waals surface area (Å²) in [6.07, 6.45) is 1.94. The lowest BCUT2D eigenvalue weighted by Crippen LogP contribution is -1.89. The van der Waals surface area contributed by atoms with E-state index in [4.69, 9.17) is 21.6 Å². The van der Waals surface area contributed by atoms with E-state index < -0.39 is 0 Å². The Kier molecular flexibility index (Phi) is 3.31. The molecule has 0 aliphatic carbocycles. The molecule has 17 heavy (non-hydrogen) atoms. The van der Waals surface area contributed by atoms with Crippen LogP contribution in [0.15, 0.2) is 24.4 Å². The number of benzene rings is 1. The number of hydrogen-bond acceptors (Lipinski definition) is 3. The smallest absolute Gasteiger partial charge is 0.141 e. The number of H-pyrrole nitrogens is 1. The molecule has 0 saturated heterocycles. The summed E-state index contributed by atoms with van der Waals surface area (Å²) in [6.45, 7) is 0. The number of nitriles is 1. The molecule has 1 aromatic heterocycles. The van der Waals surface area contributed by atoms with Crippen LogP contribution in [0.5, 0.6) is 5.75 Å². The Morgan fingerprint density at radius 2 is 2.35 bits per heavy atom. The van der Waals surface area contributed by atoms with Gasteiger partial charge in [-0.3, -0.25) is 0 Å². The molecule has 1 N–H and O–H groups in total. The van der Waals surface area contributed by atoms with Crippen LogP contribution in [-0.4, -0.2) is 17.1 Å². The van der Waals surface area contributed by atoms with Crippen LogP contribution in [0.25, 0.3) is 11.4 Å². The molecule has 0 radical (unpaired) electrons. The van der Waals surface area contributed by atoms with E-state index in [9.17, 15) is 0 Å². The van der Waals surface area contributed by atoms with Gasteiger partial charge in [-0.15, -0.1) is 0 Å². The molecular formula is C12H10ClN3O. The second-order valence-corrected chi connectivity index (χ2v) is 3.87. The lowest BCUT2D eigenvalue weighted by Gasteiger charge is -2.06. The normalized spacial score (nSPS) is 9.94. The van der Waals surface area contributed by atoms with Gasteiger partial charge in [-0.2, -0.15) is 5.26 Å². The van der Waals surface area contributed by atoms with Crippen molar-refractivity contribution >= 4 is 11.6 Å². The van der Waals surface area contributed by atoms with Gasteiger partial charge in [0.1, 0.15) is 11.6 Å². The number of hydrogen-bond donors (Lipinski definition) is 1. The zero-order valence-electron chi connectivity index (χ0n) is 9.20. The number of methoxy groups -OCH3 is 1. The fourth-order valence-electron chi connectivity index (χ4n) is 1.54. The van der Waals surface area contributed by atoms with E-state index in [-0.39, 0.29) is 0 Å². The Bertz CT molecular complexity index is 571. The number of nitrogens with one attached hydrogen (secondary N) is 1. The molecule has 0 spiro atoms. The molecule has 0 bridgehead atoms. The predicted molar refractivity (Wildman–Crippen MR) is 64.9 cm³/mol. The van der Waals surface area contributed by atoms with Crippen molar-refractivity contribution in [1.29, 1.82) is 5.26 Å². The van der Waals surface area contributed by atoms with Gasteiger partial charge in [0.2, 0.25) is 0 Å². The van der Waals surface area contributed by atoms with E-state index >= 15 is 0 Å².